The molecule has 0 aliphatic rings. The summed E-state index contributed by atoms with van der Waals surface area (Å²) in [6.45, 7) is 2.54. The van der Waals surface area contributed by atoms with Crippen molar-refractivity contribution in [3.63, 3.8) is 0 Å². The summed E-state index contributed by atoms with van der Waals surface area (Å²) in [5.41, 5.74) is 1.61. The molecule has 2 aromatic heterocycles. The van der Waals surface area contributed by atoms with E-state index in [2.05, 4.69) is 38.0 Å². The van der Waals surface area contributed by atoms with Crippen LogP contribution in [0.5, 0.6) is 0 Å². The second-order valence-corrected chi connectivity index (χ2v) is 6.78. The van der Waals surface area contributed by atoms with Gasteiger partial charge in [0.15, 0.2) is 0 Å². The van der Waals surface area contributed by atoms with Crippen LogP contribution in [0.1, 0.15) is 17.6 Å². The highest BCUT2D eigenvalue weighted by Crippen LogP contribution is 2.14. The number of hydrogen-bond acceptors (Lipinski definition) is 5. The Labute approximate surface area is 139 Å². The van der Waals surface area contributed by atoms with Crippen LogP contribution in [-0.4, -0.2) is 14.6 Å². The standard InChI is InChI=1S/C14H13IN4OS/c1-2-12-18-19-13(20)7-11(17-14(19)21-12)8-16-10-5-3-9(15)4-6-10/h3-7,16H,2,8H2,1H3. The van der Waals surface area contributed by atoms with Gasteiger partial charge in [-0.2, -0.15) is 9.61 Å². The number of hydrogen-bond donors (Lipinski definition) is 1. The zero-order chi connectivity index (χ0) is 14.8. The molecule has 0 bridgehead atoms. The predicted octanol–water partition coefficient (Wildman–Crippen LogP) is 2.93. The van der Waals surface area contributed by atoms with Gasteiger partial charge >= 0.3 is 0 Å². The smallest absolute Gasteiger partial charge is 0.275 e. The summed E-state index contributed by atoms with van der Waals surface area (Å²) in [6, 6.07) is 9.62. The average Bonchev–Trinajstić information content (AvgIpc) is 2.90. The number of halogens is 1. The maximum Gasteiger partial charge on any atom is 0.275 e. The van der Waals surface area contributed by atoms with E-state index >= 15 is 0 Å². The summed E-state index contributed by atoms with van der Waals surface area (Å²) in [4.78, 5) is 17.2. The van der Waals surface area contributed by atoms with Gasteiger partial charge in [-0.05, 0) is 53.3 Å². The quantitative estimate of drug-likeness (QED) is 0.670. The fraction of sp³-hybridized carbons (Fsp3) is 0.214. The zero-order valence-corrected chi connectivity index (χ0v) is 14.3. The Kier molecular flexibility index (Phi) is 4.20. The summed E-state index contributed by atoms with van der Waals surface area (Å²) < 4.78 is 2.56. The van der Waals surface area contributed by atoms with E-state index in [9.17, 15) is 4.79 Å². The third-order valence-electron chi connectivity index (χ3n) is 2.96. The molecule has 0 spiro atoms. The van der Waals surface area contributed by atoms with Gasteiger partial charge in [-0.1, -0.05) is 18.3 Å². The molecule has 0 saturated heterocycles. The van der Waals surface area contributed by atoms with Crippen LogP contribution >= 0.6 is 33.9 Å². The number of rotatable bonds is 4. The van der Waals surface area contributed by atoms with Crippen LogP contribution in [0.4, 0.5) is 5.69 Å². The number of fused-ring (bicyclic) bond motifs is 1. The van der Waals surface area contributed by atoms with Gasteiger partial charge in [0.05, 0.1) is 12.2 Å². The number of aromatic nitrogens is 3. The third-order valence-corrected chi connectivity index (χ3v) is 4.73. The van der Waals surface area contributed by atoms with E-state index in [4.69, 9.17) is 0 Å². The number of aryl methyl sites for hydroxylation is 1. The van der Waals surface area contributed by atoms with E-state index in [0.717, 1.165) is 22.8 Å². The van der Waals surface area contributed by atoms with Crippen molar-refractivity contribution in [1.29, 1.82) is 0 Å². The van der Waals surface area contributed by atoms with Crippen LogP contribution in [0.3, 0.4) is 0 Å². The molecule has 7 heteroatoms. The summed E-state index contributed by atoms with van der Waals surface area (Å²) in [5.74, 6) is 0. The van der Waals surface area contributed by atoms with Crippen LogP contribution in [0, 0.1) is 3.57 Å². The highest BCUT2D eigenvalue weighted by molar-refractivity contribution is 14.1. The summed E-state index contributed by atoms with van der Waals surface area (Å²) >= 11 is 3.73. The summed E-state index contributed by atoms with van der Waals surface area (Å²) in [5, 5.41) is 8.43. The van der Waals surface area contributed by atoms with E-state index in [1.807, 2.05) is 31.2 Å². The van der Waals surface area contributed by atoms with E-state index in [1.165, 1.54) is 25.5 Å². The zero-order valence-electron chi connectivity index (χ0n) is 11.3. The second-order valence-electron chi connectivity index (χ2n) is 4.49. The molecule has 1 aromatic carbocycles. The topological polar surface area (TPSA) is 59.3 Å². The molecule has 5 nitrogen and oxygen atoms in total. The Morgan fingerprint density at radius 3 is 2.81 bits per heavy atom. The van der Waals surface area contributed by atoms with Crippen molar-refractivity contribution in [2.24, 2.45) is 0 Å². The molecule has 108 valence electrons. The van der Waals surface area contributed by atoms with Crippen molar-refractivity contribution in [1.82, 2.24) is 14.6 Å². The Bertz CT molecular complexity index is 825. The van der Waals surface area contributed by atoms with Crippen molar-refractivity contribution < 1.29 is 0 Å². The van der Waals surface area contributed by atoms with Gasteiger partial charge in [0.2, 0.25) is 4.96 Å². The average molecular weight is 412 g/mol. The highest BCUT2D eigenvalue weighted by atomic mass is 127. The predicted molar refractivity (Wildman–Crippen MR) is 93.0 cm³/mol. The monoisotopic (exact) mass is 412 g/mol. The van der Waals surface area contributed by atoms with Crippen LogP contribution in [0.15, 0.2) is 35.1 Å². The SMILES string of the molecule is CCc1nn2c(=O)cc(CNc3ccc(I)cc3)nc2s1. The van der Waals surface area contributed by atoms with E-state index in [1.54, 1.807) is 0 Å². The van der Waals surface area contributed by atoms with E-state index < -0.39 is 0 Å². The first kappa shape index (κ1) is 14.5. The Morgan fingerprint density at radius 1 is 1.33 bits per heavy atom. The van der Waals surface area contributed by atoms with E-state index in [0.29, 0.717) is 11.5 Å². The van der Waals surface area contributed by atoms with Crippen molar-refractivity contribution in [2.75, 3.05) is 5.32 Å². The molecule has 0 aliphatic carbocycles. The Morgan fingerprint density at radius 2 is 2.10 bits per heavy atom. The fourth-order valence-electron chi connectivity index (χ4n) is 1.89. The van der Waals surface area contributed by atoms with Gasteiger partial charge in [-0.15, -0.1) is 0 Å². The molecule has 1 N–H and O–H groups in total. The van der Waals surface area contributed by atoms with E-state index in [-0.39, 0.29) is 5.56 Å². The molecule has 21 heavy (non-hydrogen) atoms. The van der Waals surface area contributed by atoms with Gasteiger partial charge in [0.1, 0.15) is 5.01 Å². The van der Waals surface area contributed by atoms with Crippen LogP contribution < -0.4 is 10.9 Å². The molecule has 0 aliphatic heterocycles. The second kappa shape index (κ2) is 6.10. The van der Waals surface area contributed by atoms with Crippen molar-refractivity contribution in [2.45, 2.75) is 19.9 Å². The minimum absolute atomic E-state index is 0.129. The van der Waals surface area contributed by atoms with Gasteiger partial charge in [-0.3, -0.25) is 4.79 Å². The lowest BCUT2D eigenvalue weighted by Crippen LogP contribution is -2.16. The van der Waals surface area contributed by atoms with Crippen molar-refractivity contribution in [3.05, 3.63) is 55.0 Å². The fourth-order valence-corrected chi connectivity index (χ4v) is 3.11. The largest absolute Gasteiger partial charge is 0.379 e. The first-order valence-corrected chi connectivity index (χ1v) is 8.43. The first-order valence-electron chi connectivity index (χ1n) is 6.54. The van der Waals surface area contributed by atoms with Gasteiger partial charge in [0, 0.05) is 15.3 Å². The molecule has 2 heterocycles. The highest BCUT2D eigenvalue weighted by Gasteiger charge is 2.07. The minimum Gasteiger partial charge on any atom is -0.379 e. The molecule has 0 unspecified atom stereocenters. The lowest BCUT2D eigenvalue weighted by Gasteiger charge is -2.05. The van der Waals surface area contributed by atoms with Gasteiger partial charge < -0.3 is 5.32 Å². The summed E-state index contributed by atoms with van der Waals surface area (Å²) in [6.07, 6.45) is 0.809. The maximum absolute atomic E-state index is 12.0. The maximum atomic E-state index is 12.0. The third kappa shape index (κ3) is 3.24. The molecular weight excluding hydrogens is 399 g/mol. The Balaban J connectivity index is 1.83. The molecule has 0 fully saturated rings. The molecule has 0 saturated carbocycles. The number of anilines is 1. The molecule has 3 rings (SSSR count). The lowest BCUT2D eigenvalue weighted by molar-refractivity contribution is 0.846. The number of nitrogens with one attached hydrogen (secondary N) is 1. The van der Waals surface area contributed by atoms with Crippen molar-refractivity contribution >= 4 is 44.6 Å². The van der Waals surface area contributed by atoms with Crippen molar-refractivity contribution in [3.8, 4) is 0 Å². The minimum atomic E-state index is -0.129. The summed E-state index contributed by atoms with van der Waals surface area (Å²) in [7, 11) is 0. The number of benzene rings is 1. The normalized spacial score (nSPS) is 11.0. The van der Waals surface area contributed by atoms with Crippen LogP contribution in [-0.2, 0) is 13.0 Å². The molecule has 0 radical (unpaired) electrons. The lowest BCUT2D eigenvalue weighted by atomic mass is 10.3. The molecular formula is C14H13IN4OS. The van der Waals surface area contributed by atoms with Gasteiger partial charge in [-0.25, -0.2) is 4.98 Å². The Hall–Kier alpha value is -1.48. The van der Waals surface area contributed by atoms with Crippen LogP contribution in [0.2, 0.25) is 0 Å². The molecule has 0 atom stereocenters. The van der Waals surface area contributed by atoms with Gasteiger partial charge in [0.25, 0.3) is 5.56 Å². The number of nitrogens with zero attached hydrogens (tertiary/aromatic N) is 3. The molecule has 0 amide bonds. The first-order chi connectivity index (χ1) is 10.2. The molecule has 3 aromatic rings. The van der Waals surface area contributed by atoms with Crippen LogP contribution in [0.25, 0.3) is 4.96 Å².